The Bertz CT molecular complexity index is 1210. The number of hydrogen-bond acceptors (Lipinski definition) is 7. The number of esters is 1. The lowest BCUT2D eigenvalue weighted by Crippen LogP contribution is -2.47. The quantitative estimate of drug-likeness (QED) is 0.291. The van der Waals surface area contributed by atoms with Crippen molar-refractivity contribution in [3.63, 3.8) is 0 Å². The molecule has 2 heterocycles. The number of hydrogen-bond donors (Lipinski definition) is 4. The first-order chi connectivity index (χ1) is 17.9. The van der Waals surface area contributed by atoms with E-state index in [9.17, 15) is 19.2 Å². The third kappa shape index (κ3) is 9.06. The van der Waals surface area contributed by atoms with Crippen molar-refractivity contribution in [2.24, 2.45) is 0 Å². The predicted octanol–water partition coefficient (Wildman–Crippen LogP) is 1.82. The number of aromatic nitrogens is 2. The summed E-state index contributed by atoms with van der Waals surface area (Å²) in [5.41, 5.74) is 2.09. The zero-order valence-electron chi connectivity index (χ0n) is 20.3. The Morgan fingerprint density at radius 2 is 1.84 bits per heavy atom. The van der Waals surface area contributed by atoms with E-state index in [4.69, 9.17) is 4.74 Å². The van der Waals surface area contributed by atoms with Crippen molar-refractivity contribution in [3.8, 4) is 0 Å². The minimum Gasteiger partial charge on any atom is -0.464 e. The lowest BCUT2D eigenvalue weighted by molar-refractivity contribution is -0.147. The summed E-state index contributed by atoms with van der Waals surface area (Å²) in [6.45, 7) is 1.73. The average molecular weight is 505 g/mol. The maximum absolute atomic E-state index is 12.6. The zero-order valence-corrected chi connectivity index (χ0v) is 20.3. The molecule has 0 spiro atoms. The van der Waals surface area contributed by atoms with E-state index in [0.29, 0.717) is 11.4 Å². The minimum atomic E-state index is -0.925. The molecule has 192 valence electrons. The molecule has 3 rings (SSSR count). The van der Waals surface area contributed by atoms with Gasteiger partial charge >= 0.3 is 12.0 Å². The first-order valence-corrected chi connectivity index (χ1v) is 11.6. The number of pyridine rings is 2. The molecular weight excluding hydrogens is 476 g/mol. The van der Waals surface area contributed by atoms with Crippen LogP contribution in [0.1, 0.15) is 28.5 Å². The fourth-order valence-electron chi connectivity index (χ4n) is 3.29. The standard InChI is InChI=1S/C26H28N6O5/c1-2-37-25(35)22(13-18-7-6-11-27-15-18)32-23(33)17-29-24(34)19-8-5-10-20(14-19)31-26(36)30-16-21-9-3-4-12-28-21/h3-12,14-15,22H,2,13,16-17H2,1H3,(H,29,34)(H,32,33)(H2,30,31,36). The lowest BCUT2D eigenvalue weighted by Gasteiger charge is -2.17. The molecule has 0 aliphatic heterocycles. The van der Waals surface area contributed by atoms with E-state index in [-0.39, 0.29) is 31.7 Å². The molecule has 0 aliphatic rings. The van der Waals surface area contributed by atoms with Gasteiger partial charge in [0.1, 0.15) is 6.04 Å². The molecule has 0 saturated heterocycles. The minimum absolute atomic E-state index is 0.167. The molecule has 11 heteroatoms. The van der Waals surface area contributed by atoms with Gasteiger partial charge in [-0.15, -0.1) is 0 Å². The van der Waals surface area contributed by atoms with Gasteiger partial charge in [0.2, 0.25) is 5.91 Å². The topological polar surface area (TPSA) is 151 Å². The average Bonchev–Trinajstić information content (AvgIpc) is 2.91. The molecule has 0 radical (unpaired) electrons. The van der Waals surface area contributed by atoms with Crippen LogP contribution >= 0.6 is 0 Å². The van der Waals surface area contributed by atoms with E-state index < -0.39 is 29.9 Å². The molecule has 0 aliphatic carbocycles. The summed E-state index contributed by atoms with van der Waals surface area (Å²) in [7, 11) is 0. The van der Waals surface area contributed by atoms with E-state index in [1.807, 2.05) is 6.07 Å². The summed E-state index contributed by atoms with van der Waals surface area (Å²) >= 11 is 0. The Morgan fingerprint density at radius 3 is 2.57 bits per heavy atom. The van der Waals surface area contributed by atoms with E-state index >= 15 is 0 Å². The Labute approximate surface area is 214 Å². The zero-order chi connectivity index (χ0) is 26.5. The van der Waals surface area contributed by atoms with Gasteiger partial charge in [-0.25, -0.2) is 9.59 Å². The first-order valence-electron chi connectivity index (χ1n) is 11.6. The maximum atomic E-state index is 12.6. The van der Waals surface area contributed by atoms with Crippen molar-refractivity contribution in [1.29, 1.82) is 0 Å². The molecule has 1 aromatic carbocycles. The number of nitrogens with one attached hydrogen (secondary N) is 4. The summed E-state index contributed by atoms with van der Waals surface area (Å²) in [5.74, 6) is -1.66. The van der Waals surface area contributed by atoms with Gasteiger partial charge in [0.05, 0.1) is 25.4 Å². The monoisotopic (exact) mass is 504 g/mol. The summed E-state index contributed by atoms with van der Waals surface area (Å²) in [5, 5.41) is 10.4. The molecule has 1 unspecified atom stereocenters. The van der Waals surface area contributed by atoms with Crippen molar-refractivity contribution in [2.75, 3.05) is 18.5 Å². The van der Waals surface area contributed by atoms with E-state index in [2.05, 4.69) is 31.2 Å². The molecule has 3 aromatic rings. The predicted molar refractivity (Wildman–Crippen MR) is 135 cm³/mol. The molecule has 4 N–H and O–H groups in total. The van der Waals surface area contributed by atoms with Gasteiger partial charge in [-0.05, 0) is 48.9 Å². The molecule has 0 fully saturated rings. The lowest BCUT2D eigenvalue weighted by atomic mass is 10.1. The number of carbonyl (C=O) groups is 4. The van der Waals surface area contributed by atoms with Crippen molar-refractivity contribution < 1.29 is 23.9 Å². The van der Waals surface area contributed by atoms with Gasteiger partial charge in [-0.1, -0.05) is 18.2 Å². The van der Waals surface area contributed by atoms with E-state index in [1.54, 1.807) is 68.0 Å². The molecule has 11 nitrogen and oxygen atoms in total. The van der Waals surface area contributed by atoms with Crippen LogP contribution in [0.3, 0.4) is 0 Å². The Morgan fingerprint density at radius 1 is 0.973 bits per heavy atom. The van der Waals surface area contributed by atoms with Gasteiger partial charge in [0.25, 0.3) is 5.91 Å². The molecule has 0 bridgehead atoms. The number of rotatable bonds is 11. The molecule has 0 saturated carbocycles. The van der Waals surface area contributed by atoms with Crippen molar-refractivity contribution >= 4 is 29.5 Å². The molecule has 37 heavy (non-hydrogen) atoms. The third-order valence-corrected chi connectivity index (χ3v) is 5.02. The van der Waals surface area contributed by atoms with Crippen LogP contribution in [0.2, 0.25) is 0 Å². The van der Waals surface area contributed by atoms with Gasteiger partial charge < -0.3 is 26.0 Å². The van der Waals surface area contributed by atoms with Gasteiger partial charge in [-0.2, -0.15) is 0 Å². The highest BCUT2D eigenvalue weighted by molar-refractivity contribution is 5.98. The van der Waals surface area contributed by atoms with Crippen LogP contribution in [-0.4, -0.2) is 53.0 Å². The number of carbonyl (C=O) groups excluding carboxylic acids is 4. The fourth-order valence-corrected chi connectivity index (χ4v) is 3.29. The van der Waals surface area contributed by atoms with Crippen LogP contribution in [0.5, 0.6) is 0 Å². The smallest absolute Gasteiger partial charge is 0.328 e. The fraction of sp³-hybridized carbons (Fsp3) is 0.231. The van der Waals surface area contributed by atoms with Crippen LogP contribution in [0.25, 0.3) is 0 Å². The van der Waals surface area contributed by atoms with Crippen LogP contribution in [-0.2, 0) is 27.3 Å². The number of nitrogens with zero attached hydrogens (tertiary/aromatic N) is 2. The van der Waals surface area contributed by atoms with Crippen LogP contribution < -0.4 is 21.3 Å². The summed E-state index contributed by atoms with van der Waals surface area (Å²) in [6, 6.07) is 13.8. The highest BCUT2D eigenvalue weighted by Gasteiger charge is 2.23. The molecule has 2 aromatic heterocycles. The number of benzene rings is 1. The molecule has 4 amide bonds. The highest BCUT2D eigenvalue weighted by Crippen LogP contribution is 2.11. The second kappa shape index (κ2) is 13.9. The Kier molecular flexibility index (Phi) is 10.1. The van der Waals surface area contributed by atoms with Crippen LogP contribution in [0.15, 0.2) is 73.2 Å². The summed E-state index contributed by atoms with van der Waals surface area (Å²) in [6.07, 6.45) is 5.04. The van der Waals surface area contributed by atoms with Crippen LogP contribution in [0.4, 0.5) is 10.5 Å². The normalized spacial score (nSPS) is 11.1. The van der Waals surface area contributed by atoms with Gasteiger partial charge in [0.15, 0.2) is 0 Å². The van der Waals surface area contributed by atoms with Gasteiger partial charge in [-0.3, -0.25) is 19.6 Å². The van der Waals surface area contributed by atoms with E-state index in [1.165, 1.54) is 6.07 Å². The van der Waals surface area contributed by atoms with E-state index in [0.717, 1.165) is 5.56 Å². The van der Waals surface area contributed by atoms with Gasteiger partial charge in [0, 0.05) is 36.3 Å². The highest BCUT2D eigenvalue weighted by atomic mass is 16.5. The first kappa shape index (κ1) is 26.8. The SMILES string of the molecule is CCOC(=O)C(Cc1cccnc1)NC(=O)CNC(=O)c1cccc(NC(=O)NCc2ccccn2)c1. The Hall–Kier alpha value is -4.80. The number of anilines is 1. The van der Waals surface area contributed by atoms with Crippen molar-refractivity contribution in [2.45, 2.75) is 25.9 Å². The van der Waals surface area contributed by atoms with Crippen LogP contribution in [0, 0.1) is 0 Å². The Balaban J connectivity index is 1.51. The second-order valence-electron chi connectivity index (χ2n) is 7.83. The third-order valence-electron chi connectivity index (χ3n) is 5.02. The summed E-state index contributed by atoms with van der Waals surface area (Å²) < 4.78 is 5.05. The summed E-state index contributed by atoms with van der Waals surface area (Å²) in [4.78, 5) is 57.7. The number of amides is 4. The maximum Gasteiger partial charge on any atom is 0.328 e. The molecular formula is C26H28N6O5. The second-order valence-corrected chi connectivity index (χ2v) is 7.83. The largest absolute Gasteiger partial charge is 0.464 e. The van der Waals surface area contributed by atoms with Crippen molar-refractivity contribution in [3.05, 3.63) is 90.0 Å². The number of urea groups is 1. The molecule has 1 atom stereocenters. The number of ether oxygens (including phenoxy) is 1. The van der Waals surface area contributed by atoms with Crippen molar-refractivity contribution in [1.82, 2.24) is 25.9 Å².